The Hall–Kier alpha value is -1.59. The molecule has 1 unspecified atom stereocenters. The first-order valence-corrected chi connectivity index (χ1v) is 10.0. The molecular formula is C19H36N6. The van der Waals surface area contributed by atoms with Crippen molar-refractivity contribution in [2.75, 3.05) is 0 Å². The number of aryl methyl sites for hydroxylation is 1. The molecule has 0 spiro atoms. The minimum absolute atomic E-state index is 0.436. The van der Waals surface area contributed by atoms with Crippen LogP contribution < -0.4 is 10.6 Å². The highest BCUT2D eigenvalue weighted by atomic mass is 15.3. The van der Waals surface area contributed by atoms with Gasteiger partial charge in [-0.3, -0.25) is 0 Å². The van der Waals surface area contributed by atoms with Gasteiger partial charge in [-0.2, -0.15) is 0 Å². The summed E-state index contributed by atoms with van der Waals surface area (Å²) in [5.41, 5.74) is 0. The molecule has 1 aliphatic carbocycles. The highest BCUT2D eigenvalue weighted by Crippen LogP contribution is 2.17. The second-order valence-electron chi connectivity index (χ2n) is 7.41. The van der Waals surface area contributed by atoms with Crippen molar-refractivity contribution in [2.24, 2.45) is 12.0 Å². The molecule has 1 fully saturated rings. The van der Waals surface area contributed by atoms with Gasteiger partial charge in [0.1, 0.15) is 12.4 Å². The zero-order valence-corrected chi connectivity index (χ0v) is 16.5. The quantitative estimate of drug-likeness (QED) is 0.407. The van der Waals surface area contributed by atoms with Crippen LogP contribution in [-0.4, -0.2) is 32.8 Å². The van der Waals surface area contributed by atoms with Crippen molar-refractivity contribution in [3.05, 3.63) is 11.6 Å². The van der Waals surface area contributed by atoms with Gasteiger partial charge in [-0.05, 0) is 33.1 Å². The van der Waals surface area contributed by atoms with Crippen LogP contribution in [0.2, 0.25) is 0 Å². The molecule has 1 saturated carbocycles. The number of rotatable bonds is 9. The van der Waals surface area contributed by atoms with Crippen LogP contribution in [0.4, 0.5) is 0 Å². The van der Waals surface area contributed by atoms with Gasteiger partial charge in [-0.1, -0.05) is 45.4 Å². The fraction of sp³-hybridized carbons (Fsp3) is 0.842. The van der Waals surface area contributed by atoms with E-state index in [0.29, 0.717) is 18.6 Å². The molecule has 1 aliphatic rings. The van der Waals surface area contributed by atoms with Crippen molar-refractivity contribution in [2.45, 2.75) is 97.2 Å². The van der Waals surface area contributed by atoms with Crippen LogP contribution in [0.15, 0.2) is 4.99 Å². The van der Waals surface area contributed by atoms with Crippen LogP contribution in [0.1, 0.15) is 83.3 Å². The minimum Gasteiger partial charge on any atom is -0.354 e. The van der Waals surface area contributed by atoms with Crippen LogP contribution in [0.25, 0.3) is 0 Å². The van der Waals surface area contributed by atoms with E-state index in [1.165, 1.54) is 57.8 Å². The van der Waals surface area contributed by atoms with Gasteiger partial charge >= 0.3 is 0 Å². The Morgan fingerprint density at radius 2 is 2.00 bits per heavy atom. The number of unbranched alkanes of at least 4 members (excludes halogenated alkanes) is 3. The summed E-state index contributed by atoms with van der Waals surface area (Å²) < 4.78 is 2.00. The average Bonchev–Trinajstić information content (AvgIpc) is 3.21. The lowest BCUT2D eigenvalue weighted by Gasteiger charge is -2.21. The molecule has 0 saturated heterocycles. The summed E-state index contributed by atoms with van der Waals surface area (Å²) in [4.78, 5) is 4.79. The molecule has 1 aromatic heterocycles. The molecule has 2 rings (SSSR count). The lowest BCUT2D eigenvalue weighted by molar-refractivity contribution is 0.525. The van der Waals surface area contributed by atoms with Gasteiger partial charge < -0.3 is 15.2 Å². The summed E-state index contributed by atoms with van der Waals surface area (Å²) in [5.74, 6) is 2.75. The third-order valence-electron chi connectivity index (χ3n) is 5.13. The summed E-state index contributed by atoms with van der Waals surface area (Å²) in [6, 6.07) is 0.991. The van der Waals surface area contributed by atoms with Crippen molar-refractivity contribution in [3.63, 3.8) is 0 Å². The fourth-order valence-corrected chi connectivity index (χ4v) is 3.32. The van der Waals surface area contributed by atoms with Gasteiger partial charge in [0, 0.05) is 19.1 Å². The molecule has 0 bridgehead atoms. The Bertz CT molecular complexity index is 530. The molecule has 1 heterocycles. The van der Waals surface area contributed by atoms with Crippen LogP contribution in [0.5, 0.6) is 0 Å². The highest BCUT2D eigenvalue weighted by Gasteiger charge is 2.17. The van der Waals surface area contributed by atoms with E-state index in [4.69, 9.17) is 4.99 Å². The summed E-state index contributed by atoms with van der Waals surface area (Å²) in [6.07, 6.45) is 11.5. The maximum Gasteiger partial charge on any atom is 0.192 e. The van der Waals surface area contributed by atoms with Crippen molar-refractivity contribution < 1.29 is 0 Å². The molecule has 142 valence electrons. The second-order valence-corrected chi connectivity index (χ2v) is 7.41. The molecular weight excluding hydrogens is 312 g/mol. The monoisotopic (exact) mass is 348 g/mol. The van der Waals surface area contributed by atoms with Gasteiger partial charge in [0.05, 0.1) is 0 Å². The van der Waals surface area contributed by atoms with Gasteiger partial charge in [-0.15, -0.1) is 10.2 Å². The zero-order chi connectivity index (χ0) is 18.1. The predicted octanol–water partition coefficient (Wildman–Crippen LogP) is 3.46. The van der Waals surface area contributed by atoms with Crippen molar-refractivity contribution in [1.29, 1.82) is 0 Å². The average molecular weight is 349 g/mol. The smallest absolute Gasteiger partial charge is 0.192 e. The molecule has 25 heavy (non-hydrogen) atoms. The fourth-order valence-electron chi connectivity index (χ4n) is 3.32. The Balaban J connectivity index is 1.91. The SMILES string of the molecule is CCCCCCC(C)NC(=NCc1nnc(C)n1C)NC1CCCC1. The molecule has 6 heteroatoms. The standard InChI is InChI=1S/C19H36N6/c1-5-6-7-8-11-15(2)21-19(22-17-12-9-10-13-17)20-14-18-24-23-16(3)25(18)4/h15,17H,5-14H2,1-4H3,(H2,20,21,22). The first kappa shape index (κ1) is 19.7. The second kappa shape index (κ2) is 10.4. The number of guanidine groups is 1. The molecule has 0 radical (unpaired) electrons. The highest BCUT2D eigenvalue weighted by molar-refractivity contribution is 5.80. The van der Waals surface area contributed by atoms with E-state index in [0.717, 1.165) is 17.6 Å². The minimum atomic E-state index is 0.436. The first-order chi connectivity index (χ1) is 12.1. The van der Waals surface area contributed by atoms with E-state index in [9.17, 15) is 0 Å². The maximum atomic E-state index is 4.79. The topological polar surface area (TPSA) is 67.1 Å². The number of aromatic nitrogens is 3. The van der Waals surface area contributed by atoms with Crippen molar-refractivity contribution >= 4 is 5.96 Å². The molecule has 6 nitrogen and oxygen atoms in total. The Morgan fingerprint density at radius 1 is 1.24 bits per heavy atom. The number of nitrogens with one attached hydrogen (secondary N) is 2. The zero-order valence-electron chi connectivity index (χ0n) is 16.5. The number of hydrogen-bond acceptors (Lipinski definition) is 3. The summed E-state index contributed by atoms with van der Waals surface area (Å²) in [7, 11) is 1.99. The van der Waals surface area contributed by atoms with Gasteiger partial charge in [0.2, 0.25) is 0 Å². The maximum absolute atomic E-state index is 4.79. The van der Waals surface area contributed by atoms with E-state index < -0.39 is 0 Å². The van der Waals surface area contributed by atoms with Crippen LogP contribution in [0.3, 0.4) is 0 Å². The summed E-state index contributed by atoms with van der Waals surface area (Å²) in [6.45, 7) is 7.03. The molecule has 1 atom stereocenters. The van der Waals surface area contributed by atoms with Gasteiger partial charge in [0.15, 0.2) is 11.8 Å². The number of aliphatic imine (C=N–C) groups is 1. The Labute approximate surface area is 152 Å². The molecule has 2 N–H and O–H groups in total. The largest absolute Gasteiger partial charge is 0.354 e. The van der Waals surface area contributed by atoms with E-state index in [1.807, 2.05) is 18.5 Å². The van der Waals surface area contributed by atoms with Crippen molar-refractivity contribution in [1.82, 2.24) is 25.4 Å². The third kappa shape index (κ3) is 6.67. The molecule has 0 aromatic carbocycles. The lowest BCUT2D eigenvalue weighted by Crippen LogP contribution is -2.46. The van der Waals surface area contributed by atoms with E-state index in [1.54, 1.807) is 0 Å². The Kier molecular flexibility index (Phi) is 8.22. The molecule has 0 amide bonds. The summed E-state index contributed by atoms with van der Waals surface area (Å²) in [5, 5.41) is 15.6. The first-order valence-electron chi connectivity index (χ1n) is 10.0. The number of hydrogen-bond donors (Lipinski definition) is 2. The predicted molar refractivity (Wildman–Crippen MR) is 104 cm³/mol. The third-order valence-corrected chi connectivity index (χ3v) is 5.13. The van der Waals surface area contributed by atoms with Gasteiger partial charge in [0.25, 0.3) is 0 Å². The lowest BCUT2D eigenvalue weighted by atomic mass is 10.1. The Morgan fingerprint density at radius 3 is 2.64 bits per heavy atom. The van der Waals surface area contributed by atoms with Crippen molar-refractivity contribution in [3.8, 4) is 0 Å². The normalized spacial score (nSPS) is 17.0. The summed E-state index contributed by atoms with van der Waals surface area (Å²) >= 11 is 0. The van der Waals surface area contributed by atoms with E-state index >= 15 is 0 Å². The van der Waals surface area contributed by atoms with Crippen LogP contribution in [0, 0.1) is 6.92 Å². The molecule has 0 aliphatic heterocycles. The van der Waals surface area contributed by atoms with E-state index in [-0.39, 0.29) is 0 Å². The van der Waals surface area contributed by atoms with Crippen LogP contribution >= 0.6 is 0 Å². The van der Waals surface area contributed by atoms with E-state index in [2.05, 4.69) is 34.7 Å². The van der Waals surface area contributed by atoms with Crippen LogP contribution in [-0.2, 0) is 13.6 Å². The molecule has 1 aromatic rings. The number of nitrogens with zero attached hydrogens (tertiary/aromatic N) is 4. The van der Waals surface area contributed by atoms with Gasteiger partial charge in [-0.25, -0.2) is 4.99 Å².